The largest absolute Gasteiger partial charge is 0.462 e. The zero-order valence-corrected chi connectivity index (χ0v) is 41.3. The van der Waals surface area contributed by atoms with E-state index in [1.165, 1.54) is 30.8 Å². The molecule has 3 aromatic rings. The molecule has 68 heavy (non-hydrogen) atoms. The molecule has 3 aromatic heterocycles. The van der Waals surface area contributed by atoms with Crippen LogP contribution in [-0.2, 0) is 42.9 Å². The summed E-state index contributed by atoms with van der Waals surface area (Å²) in [6, 6.07) is -0.946. The SMILES string of the molecule is COC(CC1OC(=O)CC(O)CC(NC(=O)OC(C)(C)C)CC(=O)C(C)C(OC)c2coc(n2)-c2coc(n2)-c2coc(n2)/C=C/CCC1C)C(C)CCC(=O)C(C)C(C/C=C/N(C)C=O)OC. The summed E-state index contributed by atoms with van der Waals surface area (Å²) in [5, 5.41) is 14.1. The maximum atomic E-state index is 13.9. The Balaban J connectivity index is 1.58. The molecule has 19 heteroatoms. The average molecular weight is 954 g/mol. The number of hydrogen-bond donors (Lipinski definition) is 2. The molecule has 0 spiro atoms. The molecule has 0 aliphatic carbocycles. The number of cyclic esters (lactones) is 1. The number of nitrogens with one attached hydrogen (secondary N) is 1. The summed E-state index contributed by atoms with van der Waals surface area (Å²) in [5.74, 6) is -1.93. The quantitative estimate of drug-likeness (QED) is 0.103. The number of Topliss-reactive ketones (excluding diaryl/α,β-unsaturated/α-hetero) is 2. The van der Waals surface area contributed by atoms with Gasteiger partial charge in [-0.15, -0.1) is 0 Å². The Labute approximate surface area is 398 Å². The Kier molecular flexibility index (Phi) is 21.3. The van der Waals surface area contributed by atoms with Crippen LogP contribution in [0.3, 0.4) is 0 Å². The number of esters is 1. The van der Waals surface area contributed by atoms with E-state index in [9.17, 15) is 29.1 Å². The van der Waals surface area contributed by atoms with Gasteiger partial charge in [0.15, 0.2) is 11.4 Å². The monoisotopic (exact) mass is 953 g/mol. The first-order valence-corrected chi connectivity index (χ1v) is 23.1. The Morgan fingerprint density at radius 1 is 0.971 bits per heavy atom. The molecule has 4 heterocycles. The van der Waals surface area contributed by atoms with Crippen LogP contribution >= 0.6 is 0 Å². The Bertz CT molecular complexity index is 2140. The van der Waals surface area contributed by atoms with E-state index in [1.54, 1.807) is 67.3 Å². The van der Waals surface area contributed by atoms with Crippen molar-refractivity contribution < 1.29 is 66.0 Å². The van der Waals surface area contributed by atoms with Gasteiger partial charge in [0.2, 0.25) is 24.1 Å². The molecule has 2 amide bonds. The first kappa shape index (κ1) is 55.1. The minimum atomic E-state index is -1.32. The second-order valence-electron chi connectivity index (χ2n) is 18.7. The number of aromatic nitrogens is 3. The number of amides is 2. The molecule has 10 atom stereocenters. The number of nitrogens with zero attached hydrogens (tertiary/aromatic N) is 4. The summed E-state index contributed by atoms with van der Waals surface area (Å²) < 4.78 is 46.0. The van der Waals surface area contributed by atoms with Crippen LogP contribution < -0.4 is 5.32 Å². The third-order valence-corrected chi connectivity index (χ3v) is 12.1. The third kappa shape index (κ3) is 16.9. The minimum Gasteiger partial charge on any atom is -0.462 e. The second kappa shape index (κ2) is 26.3. The van der Waals surface area contributed by atoms with Gasteiger partial charge in [-0.3, -0.25) is 19.2 Å². The summed E-state index contributed by atoms with van der Waals surface area (Å²) >= 11 is 0. The predicted octanol–water partition coefficient (Wildman–Crippen LogP) is 7.69. The van der Waals surface area contributed by atoms with Gasteiger partial charge >= 0.3 is 12.1 Å². The van der Waals surface area contributed by atoms with E-state index in [4.69, 9.17) is 36.9 Å². The summed E-state index contributed by atoms with van der Waals surface area (Å²) in [7, 11) is 6.19. The zero-order valence-electron chi connectivity index (χ0n) is 41.3. The third-order valence-electron chi connectivity index (χ3n) is 12.1. The number of ether oxygens (including phenoxy) is 5. The number of fused-ring (bicyclic) bond motifs is 8. The van der Waals surface area contributed by atoms with Crippen molar-refractivity contribution in [1.82, 2.24) is 25.2 Å². The first-order chi connectivity index (χ1) is 32.2. The van der Waals surface area contributed by atoms with Crippen molar-refractivity contribution in [2.24, 2.45) is 23.7 Å². The van der Waals surface area contributed by atoms with E-state index in [0.717, 1.165) is 0 Å². The highest BCUT2D eigenvalue weighted by Crippen LogP contribution is 2.32. The number of ketones is 2. The molecule has 2 N–H and O–H groups in total. The lowest BCUT2D eigenvalue weighted by Crippen LogP contribution is -2.43. The van der Waals surface area contributed by atoms with Crippen LogP contribution in [0.5, 0.6) is 0 Å². The molecule has 4 rings (SSSR count). The Morgan fingerprint density at radius 3 is 2.32 bits per heavy atom. The summed E-state index contributed by atoms with van der Waals surface area (Å²) in [5.41, 5.74) is 0.0696. The zero-order chi connectivity index (χ0) is 50.1. The average Bonchev–Trinajstić information content (AvgIpc) is 4.08. The lowest BCUT2D eigenvalue weighted by Gasteiger charge is -2.31. The molecule has 10 unspecified atom stereocenters. The normalized spacial score (nSPS) is 23.6. The number of allylic oxidation sites excluding steroid dienone is 1. The number of alkyl carbamates (subject to hydrolysis) is 1. The molecule has 376 valence electrons. The predicted molar refractivity (Wildman–Crippen MR) is 248 cm³/mol. The molecule has 0 aromatic carbocycles. The highest BCUT2D eigenvalue weighted by atomic mass is 16.6. The maximum absolute atomic E-state index is 13.9. The van der Waals surface area contributed by atoms with Crippen LogP contribution in [0.25, 0.3) is 29.2 Å². The van der Waals surface area contributed by atoms with E-state index >= 15 is 0 Å². The fourth-order valence-electron chi connectivity index (χ4n) is 7.96. The van der Waals surface area contributed by atoms with E-state index in [2.05, 4.69) is 20.3 Å². The number of rotatable bonds is 16. The number of oxazole rings is 3. The molecular formula is C49H71N5O14. The minimum absolute atomic E-state index is 0.0255. The van der Waals surface area contributed by atoms with Crippen molar-refractivity contribution in [2.45, 2.75) is 148 Å². The molecule has 0 saturated carbocycles. The smallest absolute Gasteiger partial charge is 0.407 e. The number of methoxy groups -OCH3 is 3. The fourth-order valence-corrected chi connectivity index (χ4v) is 7.96. The molecule has 0 saturated heterocycles. The van der Waals surface area contributed by atoms with Crippen molar-refractivity contribution >= 4 is 36.1 Å². The molecule has 1 aliphatic heterocycles. The van der Waals surface area contributed by atoms with Crippen molar-refractivity contribution in [2.75, 3.05) is 28.4 Å². The number of aliphatic hydroxyl groups excluding tert-OH is 1. The van der Waals surface area contributed by atoms with Crippen LogP contribution in [0.1, 0.15) is 124 Å². The van der Waals surface area contributed by atoms with Crippen LogP contribution in [0, 0.1) is 23.7 Å². The molecule has 19 nitrogen and oxygen atoms in total. The first-order valence-electron chi connectivity index (χ1n) is 23.1. The number of carbonyl (C=O) groups is 5. The van der Waals surface area contributed by atoms with Gasteiger partial charge in [-0.1, -0.05) is 39.8 Å². The van der Waals surface area contributed by atoms with E-state index < -0.39 is 66.4 Å². The maximum Gasteiger partial charge on any atom is 0.407 e. The molecule has 6 bridgehead atoms. The van der Waals surface area contributed by atoms with Crippen LogP contribution in [0.2, 0.25) is 0 Å². The molecule has 1 aliphatic rings. The van der Waals surface area contributed by atoms with Gasteiger partial charge in [0.25, 0.3) is 0 Å². The highest BCUT2D eigenvalue weighted by Gasteiger charge is 2.34. The second-order valence-corrected chi connectivity index (χ2v) is 18.7. The summed E-state index contributed by atoms with van der Waals surface area (Å²) in [6.45, 7) is 12.5. The van der Waals surface area contributed by atoms with Gasteiger partial charge in [0, 0.05) is 71.7 Å². The Hall–Kier alpha value is -5.50. The van der Waals surface area contributed by atoms with Crippen molar-refractivity contribution in [3.8, 4) is 23.2 Å². The van der Waals surface area contributed by atoms with Crippen molar-refractivity contribution in [3.63, 3.8) is 0 Å². The number of aliphatic hydroxyl groups is 1. The fraction of sp³-hybridized carbons (Fsp3) is 0.633. The van der Waals surface area contributed by atoms with Crippen molar-refractivity contribution in [3.05, 3.63) is 48.7 Å². The van der Waals surface area contributed by atoms with Gasteiger partial charge in [-0.25, -0.2) is 19.7 Å². The number of carbonyl (C=O) groups excluding carboxylic acids is 5. The lowest BCUT2D eigenvalue weighted by atomic mass is 9.86. The van der Waals surface area contributed by atoms with Gasteiger partial charge in [0.1, 0.15) is 53.9 Å². The molecule has 0 radical (unpaired) electrons. The van der Waals surface area contributed by atoms with Gasteiger partial charge in [-0.05, 0) is 70.8 Å². The van der Waals surface area contributed by atoms with Crippen LogP contribution in [-0.4, -0.2) is 119 Å². The summed E-state index contributed by atoms with van der Waals surface area (Å²) in [6.07, 6.45) is 9.22. The van der Waals surface area contributed by atoms with E-state index in [-0.39, 0.29) is 66.2 Å². The van der Waals surface area contributed by atoms with Gasteiger partial charge in [0.05, 0.1) is 24.7 Å². The van der Waals surface area contributed by atoms with Crippen LogP contribution in [0.4, 0.5) is 4.79 Å². The standard InChI is InChI=1S/C49H71N5O14/c1-29-15-12-13-17-43-51-36(26-64-43)46-53-37(27-66-46)47-52-35(25-65-47)45(63-11)32(4)39(58)22-33(50-48(60)68-49(5,6)7)21-34(56)23-44(59)67-42(29)24-41(62-10)30(2)18-19-38(57)31(3)40(61-9)16-14-20-54(8)28-55/h13-14,17,20,25-34,40-42,45,56H,12,15-16,18-19,21-24H2,1-11H3,(H,50,60)/b17-13+,20-14+. The Morgan fingerprint density at radius 2 is 1.65 bits per heavy atom. The van der Waals surface area contributed by atoms with Crippen molar-refractivity contribution in [1.29, 1.82) is 0 Å². The highest BCUT2D eigenvalue weighted by molar-refractivity contribution is 5.83. The van der Waals surface area contributed by atoms with Gasteiger partial charge < -0.3 is 52.3 Å². The molecule has 0 fully saturated rings. The van der Waals surface area contributed by atoms with E-state index in [0.29, 0.717) is 55.8 Å². The van der Waals surface area contributed by atoms with E-state index in [1.807, 2.05) is 26.8 Å². The lowest BCUT2D eigenvalue weighted by molar-refractivity contribution is -0.156. The van der Waals surface area contributed by atoms with Gasteiger partial charge in [-0.2, -0.15) is 0 Å². The summed E-state index contributed by atoms with van der Waals surface area (Å²) in [4.78, 5) is 80.0. The molecular weight excluding hydrogens is 883 g/mol. The topological polar surface area (TPSA) is 245 Å². The number of hydrogen-bond acceptors (Lipinski definition) is 17. The van der Waals surface area contributed by atoms with Crippen LogP contribution in [0.15, 0.2) is 50.4 Å².